The Balaban J connectivity index is 1.87. The molecule has 6 nitrogen and oxygen atoms in total. The van der Waals surface area contributed by atoms with E-state index in [0.717, 1.165) is 0 Å². The van der Waals surface area contributed by atoms with E-state index in [9.17, 15) is 9.59 Å². The van der Waals surface area contributed by atoms with E-state index in [-0.39, 0.29) is 10.7 Å². The molecule has 0 radical (unpaired) electrons. The van der Waals surface area contributed by atoms with Gasteiger partial charge in [-0.1, -0.05) is 42.5 Å². The molecule has 1 aliphatic rings. The lowest BCUT2D eigenvalue weighted by atomic mass is 10.0. The first-order valence-electron chi connectivity index (χ1n) is 9.82. The maximum Gasteiger partial charge on any atom is 0.270 e. The lowest BCUT2D eigenvalue weighted by Gasteiger charge is -2.37. The van der Waals surface area contributed by atoms with Crippen LogP contribution in [-0.2, 0) is 9.59 Å². The molecule has 4 rings (SSSR count). The number of methoxy groups -OCH3 is 2. The summed E-state index contributed by atoms with van der Waals surface area (Å²) in [4.78, 5) is 29.7. The van der Waals surface area contributed by atoms with Gasteiger partial charge in [-0.2, -0.15) is 0 Å². The first kappa shape index (κ1) is 21.3. The van der Waals surface area contributed by atoms with Crippen LogP contribution in [-0.4, -0.2) is 31.1 Å². The summed E-state index contributed by atoms with van der Waals surface area (Å²) in [6.07, 6.45) is 1.56. The number of rotatable bonds is 5. The molecule has 0 aliphatic carbocycles. The fraction of sp³-hybridized carbons (Fsp3) is 0.0800. The second-order valence-corrected chi connectivity index (χ2v) is 7.27. The highest BCUT2D eigenvalue weighted by molar-refractivity contribution is 7.81. The van der Waals surface area contributed by atoms with Crippen LogP contribution >= 0.6 is 12.2 Å². The molecule has 1 aliphatic heterocycles. The summed E-state index contributed by atoms with van der Waals surface area (Å²) in [5.41, 5.74) is 1.69. The van der Waals surface area contributed by atoms with Gasteiger partial charge in [0.2, 0.25) is 0 Å². The third kappa shape index (κ3) is 3.86. The van der Waals surface area contributed by atoms with Gasteiger partial charge in [-0.15, -0.1) is 0 Å². The predicted octanol–water partition coefficient (Wildman–Crippen LogP) is 4.45. The minimum Gasteiger partial charge on any atom is -0.497 e. The fourth-order valence-electron chi connectivity index (χ4n) is 3.43. The van der Waals surface area contributed by atoms with E-state index in [1.807, 2.05) is 18.2 Å². The Kier molecular flexibility index (Phi) is 6.00. The van der Waals surface area contributed by atoms with Gasteiger partial charge in [0.15, 0.2) is 5.11 Å². The topological polar surface area (TPSA) is 59.1 Å². The maximum atomic E-state index is 13.6. The van der Waals surface area contributed by atoms with Crippen LogP contribution in [0.3, 0.4) is 0 Å². The number of anilines is 2. The van der Waals surface area contributed by atoms with Crippen LogP contribution in [0.5, 0.6) is 11.5 Å². The molecule has 0 unspecified atom stereocenters. The SMILES string of the molecule is COc1ccc(/C=C2/C(=O)N(c3ccccc3)C(=S)N(c3ccccc3OC)C2=O)cc1. The second kappa shape index (κ2) is 9.03. The predicted molar refractivity (Wildman–Crippen MR) is 128 cm³/mol. The standard InChI is InChI=1S/C25H20N2O4S/c1-30-19-14-12-17(13-15-19)16-20-23(28)26(18-8-4-3-5-9-18)25(32)27(24(20)29)21-10-6-7-11-22(21)31-2/h3-16H,1-2H3/b20-16-. The van der Waals surface area contributed by atoms with Crippen molar-refractivity contribution in [3.05, 3.63) is 90.0 Å². The van der Waals surface area contributed by atoms with E-state index in [2.05, 4.69) is 0 Å². The molecule has 0 saturated carbocycles. The van der Waals surface area contributed by atoms with Crippen molar-refractivity contribution in [3.8, 4) is 11.5 Å². The molecule has 7 heteroatoms. The Labute approximate surface area is 191 Å². The quantitative estimate of drug-likeness (QED) is 0.331. The molecule has 1 heterocycles. The highest BCUT2D eigenvalue weighted by atomic mass is 32.1. The zero-order chi connectivity index (χ0) is 22.7. The van der Waals surface area contributed by atoms with Gasteiger partial charge in [-0.25, -0.2) is 4.90 Å². The van der Waals surface area contributed by atoms with Crippen LogP contribution in [0.15, 0.2) is 84.4 Å². The van der Waals surface area contributed by atoms with Gasteiger partial charge in [0, 0.05) is 0 Å². The number of carbonyl (C=O) groups is 2. The minimum atomic E-state index is -0.521. The van der Waals surface area contributed by atoms with Crippen LogP contribution in [0.25, 0.3) is 6.08 Å². The molecule has 1 saturated heterocycles. The average molecular weight is 445 g/mol. The van der Waals surface area contributed by atoms with Crippen molar-refractivity contribution in [2.24, 2.45) is 0 Å². The van der Waals surface area contributed by atoms with Crippen molar-refractivity contribution in [1.29, 1.82) is 0 Å². The molecule has 0 bridgehead atoms. The number of hydrogen-bond acceptors (Lipinski definition) is 5. The molecule has 1 fully saturated rings. The number of amides is 2. The lowest BCUT2D eigenvalue weighted by molar-refractivity contribution is -0.120. The molecule has 32 heavy (non-hydrogen) atoms. The molecular formula is C25H20N2O4S. The first-order chi connectivity index (χ1) is 15.5. The average Bonchev–Trinajstić information content (AvgIpc) is 2.83. The molecule has 0 atom stereocenters. The largest absolute Gasteiger partial charge is 0.497 e. The summed E-state index contributed by atoms with van der Waals surface area (Å²) >= 11 is 5.64. The first-order valence-corrected chi connectivity index (χ1v) is 10.2. The molecule has 160 valence electrons. The summed E-state index contributed by atoms with van der Waals surface area (Å²) in [6, 6.07) is 23.1. The highest BCUT2D eigenvalue weighted by Crippen LogP contribution is 2.34. The number of hydrogen-bond donors (Lipinski definition) is 0. The van der Waals surface area contributed by atoms with Crippen LogP contribution in [0.2, 0.25) is 0 Å². The van der Waals surface area contributed by atoms with Crippen LogP contribution in [0.1, 0.15) is 5.56 Å². The van der Waals surface area contributed by atoms with Gasteiger partial charge in [0.25, 0.3) is 11.8 Å². The van der Waals surface area contributed by atoms with Gasteiger partial charge in [-0.3, -0.25) is 14.5 Å². The smallest absolute Gasteiger partial charge is 0.270 e. The van der Waals surface area contributed by atoms with Gasteiger partial charge in [0.1, 0.15) is 17.1 Å². The lowest BCUT2D eigenvalue weighted by Crippen LogP contribution is -2.57. The van der Waals surface area contributed by atoms with Crippen LogP contribution in [0, 0.1) is 0 Å². The van der Waals surface area contributed by atoms with E-state index < -0.39 is 11.8 Å². The molecular weight excluding hydrogens is 424 g/mol. The summed E-state index contributed by atoms with van der Waals surface area (Å²) in [5.74, 6) is 0.131. The number of benzene rings is 3. The van der Waals surface area contributed by atoms with Crippen LogP contribution < -0.4 is 19.3 Å². The molecule has 0 N–H and O–H groups in total. The molecule has 0 aromatic heterocycles. The number of nitrogens with zero attached hydrogens (tertiary/aromatic N) is 2. The van der Waals surface area contributed by atoms with Crippen molar-refractivity contribution >= 4 is 46.6 Å². The molecule has 0 spiro atoms. The minimum absolute atomic E-state index is 0.0153. The Morgan fingerprint density at radius 3 is 2.03 bits per heavy atom. The van der Waals surface area contributed by atoms with E-state index in [1.165, 1.54) is 16.9 Å². The normalized spacial score (nSPS) is 15.3. The summed E-state index contributed by atoms with van der Waals surface area (Å²) in [7, 11) is 3.09. The number of thiocarbonyl (C=S) groups is 1. The van der Waals surface area contributed by atoms with Gasteiger partial charge >= 0.3 is 0 Å². The van der Waals surface area contributed by atoms with E-state index >= 15 is 0 Å². The van der Waals surface area contributed by atoms with Gasteiger partial charge < -0.3 is 9.47 Å². The Hall–Kier alpha value is -3.97. The third-order valence-electron chi connectivity index (χ3n) is 5.02. The van der Waals surface area contributed by atoms with Crippen molar-refractivity contribution in [3.63, 3.8) is 0 Å². The summed E-state index contributed by atoms with van der Waals surface area (Å²) in [6.45, 7) is 0. The van der Waals surface area contributed by atoms with Crippen molar-refractivity contribution in [1.82, 2.24) is 0 Å². The molecule has 2 amide bonds. The van der Waals surface area contributed by atoms with Gasteiger partial charge in [0.05, 0.1) is 25.6 Å². The van der Waals surface area contributed by atoms with Crippen molar-refractivity contribution < 1.29 is 19.1 Å². The maximum absolute atomic E-state index is 13.6. The molecule has 3 aromatic rings. The van der Waals surface area contributed by atoms with E-state index in [1.54, 1.807) is 73.8 Å². The van der Waals surface area contributed by atoms with Gasteiger partial charge in [-0.05, 0) is 60.3 Å². The zero-order valence-electron chi connectivity index (χ0n) is 17.5. The number of ether oxygens (including phenoxy) is 2. The number of carbonyl (C=O) groups excluding carboxylic acids is 2. The number of para-hydroxylation sites is 3. The Bertz CT molecular complexity index is 1210. The molecule has 3 aromatic carbocycles. The van der Waals surface area contributed by atoms with Crippen molar-refractivity contribution in [2.75, 3.05) is 24.0 Å². The second-order valence-electron chi connectivity index (χ2n) is 6.90. The highest BCUT2D eigenvalue weighted by Gasteiger charge is 2.42. The van der Waals surface area contributed by atoms with E-state index in [0.29, 0.717) is 28.4 Å². The third-order valence-corrected chi connectivity index (χ3v) is 5.38. The Morgan fingerprint density at radius 2 is 1.38 bits per heavy atom. The van der Waals surface area contributed by atoms with Crippen LogP contribution in [0.4, 0.5) is 11.4 Å². The van der Waals surface area contributed by atoms with Crippen molar-refractivity contribution in [2.45, 2.75) is 0 Å². The monoisotopic (exact) mass is 444 g/mol. The zero-order valence-corrected chi connectivity index (χ0v) is 18.3. The van der Waals surface area contributed by atoms with E-state index in [4.69, 9.17) is 21.7 Å². The summed E-state index contributed by atoms with van der Waals surface area (Å²) < 4.78 is 10.6. The Morgan fingerprint density at radius 1 is 0.750 bits per heavy atom. The summed E-state index contributed by atoms with van der Waals surface area (Å²) in [5, 5.41) is 0.0579. The fourth-order valence-corrected chi connectivity index (χ4v) is 3.80.